The third-order valence-corrected chi connectivity index (χ3v) is 3.79. The van der Waals surface area contributed by atoms with E-state index in [1.54, 1.807) is 17.4 Å². The summed E-state index contributed by atoms with van der Waals surface area (Å²) < 4.78 is 5.22. The van der Waals surface area contributed by atoms with Gasteiger partial charge in [-0.2, -0.15) is 4.98 Å². The number of phenolic OH excluding ortho intramolecular Hbond substituents is 1. The van der Waals surface area contributed by atoms with E-state index >= 15 is 0 Å². The van der Waals surface area contributed by atoms with E-state index in [1.165, 1.54) is 0 Å². The highest BCUT2D eigenvalue weighted by Gasteiger charge is 2.14. The zero-order chi connectivity index (χ0) is 14.1. The van der Waals surface area contributed by atoms with Gasteiger partial charge < -0.3 is 9.63 Å². The Morgan fingerprint density at radius 3 is 2.85 bits per heavy atom. The van der Waals surface area contributed by atoms with Crippen LogP contribution in [0.5, 0.6) is 5.75 Å². The molecular formula is C14H13N3O2S. The van der Waals surface area contributed by atoms with Crippen LogP contribution in [0, 0.1) is 13.8 Å². The molecule has 0 aliphatic rings. The van der Waals surface area contributed by atoms with Crippen molar-refractivity contribution < 1.29 is 9.63 Å². The van der Waals surface area contributed by atoms with Gasteiger partial charge >= 0.3 is 0 Å². The van der Waals surface area contributed by atoms with Crippen LogP contribution in [0.1, 0.15) is 22.1 Å². The van der Waals surface area contributed by atoms with Crippen LogP contribution >= 0.6 is 11.3 Å². The smallest absolute Gasteiger partial charge is 0.261 e. The van der Waals surface area contributed by atoms with Crippen LogP contribution in [0.15, 0.2) is 28.1 Å². The molecule has 0 amide bonds. The van der Waals surface area contributed by atoms with Crippen LogP contribution in [0.25, 0.3) is 11.5 Å². The van der Waals surface area contributed by atoms with Gasteiger partial charge in [0, 0.05) is 11.1 Å². The lowest BCUT2D eigenvalue weighted by atomic mass is 10.1. The van der Waals surface area contributed by atoms with E-state index in [2.05, 4.69) is 15.1 Å². The van der Waals surface area contributed by atoms with Gasteiger partial charge in [-0.15, -0.1) is 11.3 Å². The number of benzene rings is 1. The largest absolute Gasteiger partial charge is 0.507 e. The van der Waals surface area contributed by atoms with Crippen molar-refractivity contribution in [3.63, 3.8) is 0 Å². The van der Waals surface area contributed by atoms with Crippen molar-refractivity contribution in [1.29, 1.82) is 0 Å². The van der Waals surface area contributed by atoms with Crippen LogP contribution in [-0.2, 0) is 6.42 Å². The third kappa shape index (κ3) is 2.55. The predicted molar refractivity (Wildman–Crippen MR) is 75.8 cm³/mol. The number of hydrogen-bond acceptors (Lipinski definition) is 6. The van der Waals surface area contributed by atoms with Crippen molar-refractivity contribution in [2.45, 2.75) is 20.3 Å². The molecule has 0 aliphatic carbocycles. The van der Waals surface area contributed by atoms with Crippen molar-refractivity contribution in [3.8, 4) is 17.2 Å². The molecule has 102 valence electrons. The second-order valence-electron chi connectivity index (χ2n) is 4.60. The first-order valence-corrected chi connectivity index (χ1v) is 7.03. The topological polar surface area (TPSA) is 72.0 Å². The van der Waals surface area contributed by atoms with E-state index in [1.807, 2.05) is 31.4 Å². The summed E-state index contributed by atoms with van der Waals surface area (Å²) in [5, 5.41) is 16.7. The Hall–Kier alpha value is -2.21. The summed E-state index contributed by atoms with van der Waals surface area (Å²) in [6, 6.07) is 5.27. The van der Waals surface area contributed by atoms with Gasteiger partial charge in [-0.3, -0.25) is 0 Å². The minimum atomic E-state index is 0.135. The highest BCUT2D eigenvalue weighted by Crippen LogP contribution is 2.28. The van der Waals surface area contributed by atoms with Crippen molar-refractivity contribution >= 4 is 11.3 Å². The van der Waals surface area contributed by atoms with Gasteiger partial charge in [0.2, 0.25) is 0 Å². The summed E-state index contributed by atoms with van der Waals surface area (Å²) in [6.07, 6.45) is 0.536. The fraction of sp³-hybridized carbons (Fsp3) is 0.214. The van der Waals surface area contributed by atoms with Crippen LogP contribution < -0.4 is 0 Å². The van der Waals surface area contributed by atoms with Crippen LogP contribution in [0.2, 0.25) is 0 Å². The lowest BCUT2D eigenvalue weighted by Gasteiger charge is -1.99. The summed E-state index contributed by atoms with van der Waals surface area (Å²) >= 11 is 1.57. The zero-order valence-corrected chi connectivity index (χ0v) is 11.9. The van der Waals surface area contributed by atoms with Gasteiger partial charge in [-0.25, -0.2) is 4.98 Å². The molecule has 2 aromatic heterocycles. The third-order valence-electron chi connectivity index (χ3n) is 2.83. The van der Waals surface area contributed by atoms with E-state index < -0.39 is 0 Å². The quantitative estimate of drug-likeness (QED) is 0.801. The number of aryl methyl sites for hydroxylation is 2. The Morgan fingerprint density at radius 2 is 2.10 bits per heavy atom. The first-order chi connectivity index (χ1) is 9.61. The maximum absolute atomic E-state index is 9.85. The van der Waals surface area contributed by atoms with E-state index in [4.69, 9.17) is 4.52 Å². The van der Waals surface area contributed by atoms with Crippen molar-refractivity contribution in [3.05, 3.63) is 45.7 Å². The van der Waals surface area contributed by atoms with E-state index in [0.717, 1.165) is 16.3 Å². The van der Waals surface area contributed by atoms with Crippen molar-refractivity contribution in [1.82, 2.24) is 15.1 Å². The number of hydrogen-bond donors (Lipinski definition) is 1. The van der Waals surface area contributed by atoms with E-state index in [9.17, 15) is 5.11 Å². The number of aromatic nitrogens is 3. The average molecular weight is 287 g/mol. The predicted octanol–water partition coefficient (Wildman–Crippen LogP) is 3.11. The minimum Gasteiger partial charge on any atom is -0.507 e. The lowest BCUT2D eigenvalue weighted by Crippen LogP contribution is -1.90. The molecule has 0 unspecified atom stereocenters. The first kappa shape index (κ1) is 12.8. The number of aromatic hydroxyl groups is 1. The Balaban J connectivity index is 1.88. The average Bonchev–Trinajstić information content (AvgIpc) is 3.02. The Labute approximate surface area is 119 Å². The molecule has 0 spiro atoms. The molecule has 1 aromatic carbocycles. The molecule has 6 heteroatoms. The molecule has 0 saturated carbocycles. The van der Waals surface area contributed by atoms with Crippen molar-refractivity contribution in [2.75, 3.05) is 0 Å². The molecule has 0 aliphatic heterocycles. The van der Waals surface area contributed by atoms with Crippen LogP contribution in [0.4, 0.5) is 0 Å². The maximum atomic E-state index is 9.85. The molecule has 3 rings (SSSR count). The maximum Gasteiger partial charge on any atom is 0.261 e. The van der Waals surface area contributed by atoms with Gasteiger partial charge in [-0.1, -0.05) is 16.8 Å². The fourth-order valence-corrected chi connectivity index (χ4v) is 2.64. The fourth-order valence-electron chi connectivity index (χ4n) is 1.88. The monoisotopic (exact) mass is 287 g/mol. The van der Waals surface area contributed by atoms with E-state index in [-0.39, 0.29) is 5.75 Å². The number of nitrogens with zero attached hydrogens (tertiary/aromatic N) is 3. The molecule has 0 saturated heterocycles. The minimum absolute atomic E-state index is 0.135. The Kier molecular flexibility index (Phi) is 3.23. The second kappa shape index (κ2) is 5.05. The zero-order valence-electron chi connectivity index (χ0n) is 11.1. The molecule has 20 heavy (non-hydrogen) atoms. The van der Waals surface area contributed by atoms with Crippen LogP contribution in [0.3, 0.4) is 0 Å². The number of rotatable bonds is 3. The van der Waals surface area contributed by atoms with Gasteiger partial charge in [0.1, 0.15) is 10.8 Å². The molecule has 0 bridgehead atoms. The molecule has 3 aromatic rings. The van der Waals surface area contributed by atoms with Crippen LogP contribution in [-0.4, -0.2) is 20.2 Å². The SMILES string of the molecule is Cc1ccc(O)c(-c2nc(Cc3nc(C)cs3)no2)c1. The molecule has 1 N–H and O–H groups in total. The highest BCUT2D eigenvalue weighted by molar-refractivity contribution is 7.09. The lowest BCUT2D eigenvalue weighted by molar-refractivity contribution is 0.418. The number of thiazole rings is 1. The summed E-state index contributed by atoms with van der Waals surface area (Å²) in [5.41, 5.74) is 2.57. The molecule has 0 atom stereocenters. The summed E-state index contributed by atoms with van der Waals surface area (Å²) in [5.74, 6) is 1.03. The Bertz CT molecular complexity index is 748. The molecule has 0 radical (unpaired) electrons. The molecule has 2 heterocycles. The highest BCUT2D eigenvalue weighted by atomic mass is 32.1. The molecular weight excluding hydrogens is 274 g/mol. The number of phenols is 1. The summed E-state index contributed by atoms with van der Waals surface area (Å²) in [4.78, 5) is 8.68. The molecule has 0 fully saturated rings. The summed E-state index contributed by atoms with van der Waals surface area (Å²) in [6.45, 7) is 3.89. The summed E-state index contributed by atoms with van der Waals surface area (Å²) in [7, 11) is 0. The van der Waals surface area contributed by atoms with Gasteiger partial charge in [0.05, 0.1) is 12.0 Å². The standard InChI is InChI=1S/C14H13N3O2S/c1-8-3-4-11(18)10(5-8)14-16-12(17-19-14)6-13-15-9(2)7-20-13/h3-5,7,18H,6H2,1-2H3. The van der Waals surface area contributed by atoms with Gasteiger partial charge in [0.25, 0.3) is 5.89 Å². The van der Waals surface area contributed by atoms with Crippen molar-refractivity contribution in [2.24, 2.45) is 0 Å². The second-order valence-corrected chi connectivity index (χ2v) is 5.54. The van der Waals surface area contributed by atoms with Gasteiger partial charge in [0.15, 0.2) is 5.82 Å². The van der Waals surface area contributed by atoms with E-state index in [0.29, 0.717) is 23.7 Å². The first-order valence-electron chi connectivity index (χ1n) is 6.15. The normalized spacial score (nSPS) is 10.9. The Morgan fingerprint density at radius 1 is 1.25 bits per heavy atom. The molecule has 5 nitrogen and oxygen atoms in total. The van der Waals surface area contributed by atoms with Gasteiger partial charge in [-0.05, 0) is 26.0 Å².